The van der Waals surface area contributed by atoms with Crippen LogP contribution >= 0.6 is 0 Å². The van der Waals surface area contributed by atoms with Crippen molar-refractivity contribution >= 4 is 20.4 Å². The highest BCUT2D eigenvalue weighted by Gasteiger charge is 2.70. The first kappa shape index (κ1) is 26.9. The Labute approximate surface area is 217 Å². The zero-order valence-electron chi connectivity index (χ0n) is 23.0. The molecule has 0 aromatic carbocycles. The fourth-order valence-electron chi connectivity index (χ4n) is 8.33. The molecule has 4 heteroatoms. The summed E-state index contributed by atoms with van der Waals surface area (Å²) in [4.78, 5) is 12.9. The van der Waals surface area contributed by atoms with E-state index in [0.717, 1.165) is 19.0 Å². The van der Waals surface area contributed by atoms with Crippen molar-refractivity contribution < 1.29 is 4.79 Å². The second-order valence-electron chi connectivity index (χ2n) is 12.9. The molecule has 1 amide bonds. The van der Waals surface area contributed by atoms with Crippen LogP contribution in [0.25, 0.3) is 0 Å². The highest BCUT2D eigenvalue weighted by atomic mass is 16.1. The first-order valence-electron chi connectivity index (χ1n) is 15.3. The topological polar surface area (TPSA) is 29.1 Å². The van der Waals surface area contributed by atoms with Crippen LogP contribution in [0, 0.1) is 11.3 Å². The summed E-state index contributed by atoms with van der Waals surface area (Å²) in [6.45, 7) is 4.23. The summed E-state index contributed by atoms with van der Waals surface area (Å²) in [6, 6.07) is 0. The van der Waals surface area contributed by atoms with E-state index in [1.165, 1.54) is 122 Å². The quantitative estimate of drug-likeness (QED) is 0.278. The van der Waals surface area contributed by atoms with E-state index in [0.29, 0.717) is 17.0 Å². The van der Waals surface area contributed by atoms with E-state index in [1.54, 1.807) is 0 Å². The van der Waals surface area contributed by atoms with Crippen LogP contribution in [-0.2, 0) is 0 Å². The molecule has 0 spiro atoms. The number of hydrogen-bond donors (Lipinski definition) is 1. The van der Waals surface area contributed by atoms with Gasteiger partial charge in [0, 0.05) is 5.54 Å². The van der Waals surface area contributed by atoms with E-state index in [2.05, 4.69) is 49.5 Å². The van der Waals surface area contributed by atoms with Crippen molar-refractivity contribution in [1.82, 2.24) is 5.32 Å². The monoisotopic (exact) mass is 475 g/mol. The molecule has 5 saturated carbocycles. The van der Waals surface area contributed by atoms with Gasteiger partial charge in [0.1, 0.15) is 0 Å². The van der Waals surface area contributed by atoms with E-state index < -0.39 is 0 Å². The van der Waals surface area contributed by atoms with Crippen LogP contribution in [-0.4, -0.2) is 25.9 Å². The minimum atomic E-state index is 0.194. The summed E-state index contributed by atoms with van der Waals surface area (Å²) in [5, 5.41) is 3.55. The molecule has 2 nitrogen and oxygen atoms in total. The lowest BCUT2D eigenvalue weighted by molar-refractivity contribution is -0.188. The van der Waals surface area contributed by atoms with Gasteiger partial charge in [-0.1, -0.05) is 125 Å². The minimum Gasteiger partial charge on any atom is -0.360 e. The molecular formula is C31H51B2NO. The van der Waals surface area contributed by atoms with Crippen molar-refractivity contribution in [1.29, 1.82) is 0 Å². The minimum absolute atomic E-state index is 0.194. The van der Waals surface area contributed by atoms with Gasteiger partial charge < -0.3 is 5.32 Å². The Balaban J connectivity index is 1.18. The molecule has 2 bridgehead atoms. The summed E-state index contributed by atoms with van der Waals surface area (Å²) < 4.78 is 0. The number of amides is 1. The third-order valence-corrected chi connectivity index (χ3v) is 10.0. The Morgan fingerprint density at radius 1 is 0.743 bits per heavy atom. The molecule has 0 aliphatic heterocycles. The highest BCUT2D eigenvalue weighted by molar-refractivity contribution is 6.74. The molecule has 0 aromatic heterocycles. The van der Waals surface area contributed by atoms with Gasteiger partial charge in [-0.25, -0.2) is 0 Å². The maximum Gasteiger partial charge on any atom is 0.237 e. The summed E-state index contributed by atoms with van der Waals surface area (Å²) >= 11 is 0. The molecule has 0 atom stereocenters. The molecule has 5 aliphatic rings. The van der Waals surface area contributed by atoms with Gasteiger partial charge >= 0.3 is 0 Å². The van der Waals surface area contributed by atoms with E-state index >= 15 is 0 Å². The van der Waals surface area contributed by atoms with Crippen LogP contribution in [0.1, 0.15) is 123 Å². The molecule has 1 N–H and O–H groups in total. The smallest absolute Gasteiger partial charge is 0.237 e. The normalized spacial score (nSPS) is 35.1. The molecular weight excluding hydrogens is 424 g/mol. The summed E-state index contributed by atoms with van der Waals surface area (Å²) in [7, 11) is 2.03. The van der Waals surface area contributed by atoms with Gasteiger partial charge in [0.15, 0.2) is 13.1 Å². The Morgan fingerprint density at radius 3 is 1.91 bits per heavy atom. The largest absolute Gasteiger partial charge is 0.360 e. The van der Waals surface area contributed by atoms with Crippen LogP contribution in [0.2, 0.25) is 11.6 Å². The number of allylic oxidation sites excluding steroid dienone is 6. The van der Waals surface area contributed by atoms with Gasteiger partial charge in [0.05, 0.1) is 0 Å². The molecule has 35 heavy (non-hydrogen) atoms. The number of nitrogens with one attached hydrogen (secondary N) is 1. The second kappa shape index (κ2) is 12.9. The van der Waals surface area contributed by atoms with Gasteiger partial charge in [0.2, 0.25) is 7.28 Å². The van der Waals surface area contributed by atoms with Crippen LogP contribution in [0.15, 0.2) is 35.9 Å². The molecule has 0 aromatic rings. The van der Waals surface area contributed by atoms with E-state index in [-0.39, 0.29) is 5.54 Å². The molecule has 5 fully saturated rings. The summed E-state index contributed by atoms with van der Waals surface area (Å²) in [5.41, 5.74) is 2.26. The Bertz CT molecular complexity index is 745. The third kappa shape index (κ3) is 7.20. The van der Waals surface area contributed by atoms with Gasteiger partial charge in [0.25, 0.3) is 0 Å². The molecule has 0 saturated heterocycles. The Hall–Kier alpha value is -1.18. The molecule has 0 unspecified atom stereocenters. The van der Waals surface area contributed by atoms with E-state index in [9.17, 15) is 4.79 Å². The standard InChI is InChI=1S/C31H51B2NO/c1-3-5-17-26(14-4-2)32-27-20-12-15-25(16-13-21-27)30-22-31(23-30,24-30)34-29(35)33-28-18-10-8-6-7-9-11-19-28/h3-5,14,17,25,27-28,32-33H,6-13,15-16,18-24H2,1-2H3,(H,34,35)/b5-3-,14-4-,26-17+. The maximum absolute atomic E-state index is 12.9. The summed E-state index contributed by atoms with van der Waals surface area (Å²) in [6.07, 6.45) is 34.1. The van der Waals surface area contributed by atoms with Gasteiger partial charge in [-0.15, -0.1) is 0 Å². The average Bonchev–Trinajstić information content (AvgIpc) is 2.90. The SMILES string of the molecule is C\C=C/C=C(BC1CCCC(C23CC(NC(=O)BC4CCCCCCCC4)(C2)C3)CCC1)\C=C/C. The Morgan fingerprint density at radius 2 is 1.31 bits per heavy atom. The van der Waals surface area contributed by atoms with Crippen LogP contribution < -0.4 is 5.32 Å². The first-order valence-corrected chi connectivity index (χ1v) is 15.3. The average molecular weight is 475 g/mol. The lowest BCUT2D eigenvalue weighted by Gasteiger charge is -2.74. The highest BCUT2D eigenvalue weighted by Crippen LogP contribution is 2.72. The van der Waals surface area contributed by atoms with Crippen molar-refractivity contribution in [2.45, 2.75) is 140 Å². The number of carbonyl (C=O) groups excluding carboxylic acids is 1. The molecule has 0 heterocycles. The third-order valence-electron chi connectivity index (χ3n) is 10.0. The summed E-state index contributed by atoms with van der Waals surface area (Å²) in [5.74, 6) is 2.75. The number of carbonyl (C=O) groups is 1. The predicted molar refractivity (Wildman–Crippen MR) is 155 cm³/mol. The fraction of sp³-hybridized carbons (Fsp3) is 0.774. The Kier molecular flexibility index (Phi) is 9.88. The van der Waals surface area contributed by atoms with E-state index in [4.69, 9.17) is 0 Å². The molecule has 0 radical (unpaired) electrons. The lowest BCUT2D eigenvalue weighted by atomic mass is 9.34. The molecule has 192 valence electrons. The van der Waals surface area contributed by atoms with Gasteiger partial charge in [-0.3, -0.25) is 4.79 Å². The zero-order valence-corrected chi connectivity index (χ0v) is 23.0. The van der Waals surface area contributed by atoms with Gasteiger partial charge in [-0.05, 0) is 57.3 Å². The van der Waals surface area contributed by atoms with E-state index in [1.807, 2.05) is 0 Å². The molecule has 5 aliphatic carbocycles. The van der Waals surface area contributed by atoms with Crippen LogP contribution in [0.3, 0.4) is 0 Å². The fourth-order valence-corrected chi connectivity index (χ4v) is 8.33. The number of hydrogen-bond acceptors (Lipinski definition) is 1. The van der Waals surface area contributed by atoms with Crippen molar-refractivity contribution in [3.05, 3.63) is 35.9 Å². The maximum atomic E-state index is 12.9. The lowest BCUT2D eigenvalue weighted by Crippen LogP contribution is -2.76. The second-order valence-corrected chi connectivity index (χ2v) is 12.9. The van der Waals surface area contributed by atoms with Crippen LogP contribution in [0.4, 0.5) is 4.79 Å². The van der Waals surface area contributed by atoms with Gasteiger partial charge in [-0.2, -0.15) is 0 Å². The zero-order chi connectivity index (χ0) is 24.6. The predicted octanol–water partition coefficient (Wildman–Crippen LogP) is 8.21. The van der Waals surface area contributed by atoms with Crippen molar-refractivity contribution in [3.63, 3.8) is 0 Å². The van der Waals surface area contributed by atoms with Crippen LogP contribution in [0.5, 0.6) is 0 Å². The van der Waals surface area contributed by atoms with Crippen molar-refractivity contribution in [3.8, 4) is 0 Å². The number of rotatable bonds is 8. The molecule has 5 rings (SSSR count). The van der Waals surface area contributed by atoms with Crippen molar-refractivity contribution in [2.75, 3.05) is 0 Å². The van der Waals surface area contributed by atoms with Crippen molar-refractivity contribution in [2.24, 2.45) is 11.3 Å². The first-order chi connectivity index (χ1) is 17.1.